The Kier molecular flexibility index (Phi) is 10.8. The summed E-state index contributed by atoms with van der Waals surface area (Å²) in [5, 5.41) is 0. The van der Waals surface area contributed by atoms with Gasteiger partial charge in [-0.1, -0.05) is 84.9 Å². The topological polar surface area (TPSA) is 71.1 Å². The molecule has 0 fully saturated rings. The number of methoxy groups -OCH3 is 4. The van der Waals surface area contributed by atoms with Crippen LogP contribution in [0.1, 0.15) is 35.1 Å². The molecule has 0 saturated carbocycles. The van der Waals surface area contributed by atoms with Gasteiger partial charge in [0.05, 0.1) is 41.3 Å². The van der Waals surface area contributed by atoms with Crippen molar-refractivity contribution in [2.24, 2.45) is 0 Å². The molecule has 6 heteroatoms. The minimum atomic E-state index is -0.262. The second-order valence-electron chi connectivity index (χ2n) is 10.1. The maximum atomic E-state index is 11.8. The summed E-state index contributed by atoms with van der Waals surface area (Å²) in [6.07, 6.45) is 4.16. The molecule has 0 aliphatic carbocycles. The number of rotatable bonds is 13. The van der Waals surface area contributed by atoms with E-state index in [0.29, 0.717) is 0 Å². The van der Waals surface area contributed by atoms with Crippen molar-refractivity contribution in [3.05, 3.63) is 107 Å². The predicted molar refractivity (Wildman–Crippen MR) is 165 cm³/mol. The minimum absolute atomic E-state index is 0.232. The van der Waals surface area contributed by atoms with E-state index in [1.807, 2.05) is 48.5 Å². The van der Waals surface area contributed by atoms with Crippen molar-refractivity contribution in [2.45, 2.75) is 38.5 Å². The van der Waals surface area contributed by atoms with E-state index in [0.717, 1.165) is 81.7 Å². The smallest absolute Gasteiger partial charge is 0.309 e. The molecule has 0 spiro atoms. The van der Waals surface area contributed by atoms with Crippen LogP contribution in [0.4, 0.5) is 0 Å². The quantitative estimate of drug-likeness (QED) is 0.128. The number of hydrogen-bond acceptors (Lipinski definition) is 6. The van der Waals surface area contributed by atoms with Crippen LogP contribution in [0, 0.1) is 0 Å². The van der Waals surface area contributed by atoms with Gasteiger partial charge in [-0.05, 0) is 59.1 Å². The predicted octanol–water partition coefficient (Wildman–Crippen LogP) is 7.03. The molecule has 4 aromatic rings. The molecule has 0 amide bonds. The van der Waals surface area contributed by atoms with Crippen LogP contribution in [0.2, 0.25) is 0 Å². The number of aryl methyl sites for hydroxylation is 2. The fourth-order valence-electron chi connectivity index (χ4n) is 5.31. The minimum Gasteiger partial charge on any atom is -0.496 e. The van der Waals surface area contributed by atoms with Gasteiger partial charge in [-0.15, -0.1) is 0 Å². The molecule has 4 rings (SSSR count). The number of para-hydroxylation sites is 2. The van der Waals surface area contributed by atoms with Crippen LogP contribution < -0.4 is 9.47 Å². The summed E-state index contributed by atoms with van der Waals surface area (Å²) in [4.78, 5) is 23.6. The maximum absolute atomic E-state index is 11.8. The summed E-state index contributed by atoms with van der Waals surface area (Å²) < 4.78 is 21.4. The zero-order chi connectivity index (χ0) is 29.9. The molecule has 0 aliphatic heterocycles. The van der Waals surface area contributed by atoms with E-state index in [9.17, 15) is 9.59 Å². The summed E-state index contributed by atoms with van der Waals surface area (Å²) in [7, 11) is 6.21. The van der Waals surface area contributed by atoms with E-state index in [2.05, 4.69) is 36.4 Å². The largest absolute Gasteiger partial charge is 0.496 e. The summed E-state index contributed by atoms with van der Waals surface area (Å²) >= 11 is 0. The SMILES string of the molecule is COC(=O)Cc1cccc(-c2cccc(CCCCc3cccc(-c4cccc(CC(=O)OC)c4)c3OC)c2OC)c1. The van der Waals surface area contributed by atoms with Crippen molar-refractivity contribution in [3.63, 3.8) is 0 Å². The van der Waals surface area contributed by atoms with Crippen LogP contribution in [0.3, 0.4) is 0 Å². The molecule has 0 N–H and O–H groups in total. The highest BCUT2D eigenvalue weighted by Crippen LogP contribution is 2.36. The first-order valence-electron chi connectivity index (χ1n) is 14.1. The number of unbranched alkanes of at least 4 members (excludes halogenated alkanes) is 1. The van der Waals surface area contributed by atoms with Gasteiger partial charge in [0.1, 0.15) is 11.5 Å². The molecule has 0 heterocycles. The normalized spacial score (nSPS) is 10.7. The fourth-order valence-corrected chi connectivity index (χ4v) is 5.31. The zero-order valence-electron chi connectivity index (χ0n) is 24.8. The van der Waals surface area contributed by atoms with Crippen molar-refractivity contribution in [3.8, 4) is 33.8 Å². The Bertz CT molecular complexity index is 1410. The third kappa shape index (κ3) is 7.58. The third-order valence-electron chi connectivity index (χ3n) is 7.37. The van der Waals surface area contributed by atoms with Gasteiger partial charge in [-0.2, -0.15) is 0 Å². The summed E-state index contributed by atoms with van der Waals surface area (Å²) in [6, 6.07) is 28.3. The summed E-state index contributed by atoms with van der Waals surface area (Å²) in [5.74, 6) is 1.20. The van der Waals surface area contributed by atoms with E-state index >= 15 is 0 Å². The highest BCUT2D eigenvalue weighted by Gasteiger charge is 2.15. The van der Waals surface area contributed by atoms with Gasteiger partial charge in [-0.3, -0.25) is 9.59 Å². The Labute approximate surface area is 248 Å². The molecule has 0 aliphatic rings. The average molecular weight is 567 g/mol. The molecule has 218 valence electrons. The molecule has 4 aromatic carbocycles. The lowest BCUT2D eigenvalue weighted by Crippen LogP contribution is -2.04. The monoisotopic (exact) mass is 566 g/mol. The Morgan fingerprint density at radius 1 is 0.548 bits per heavy atom. The molecule has 0 radical (unpaired) electrons. The second-order valence-corrected chi connectivity index (χ2v) is 10.1. The summed E-state index contributed by atoms with van der Waals surface area (Å²) in [5.41, 5.74) is 8.13. The van der Waals surface area contributed by atoms with E-state index in [-0.39, 0.29) is 24.8 Å². The van der Waals surface area contributed by atoms with Crippen LogP contribution in [0.25, 0.3) is 22.3 Å². The first-order chi connectivity index (χ1) is 20.5. The number of benzene rings is 4. The maximum Gasteiger partial charge on any atom is 0.309 e. The molecule has 0 atom stereocenters. The number of hydrogen-bond donors (Lipinski definition) is 0. The Morgan fingerprint density at radius 2 is 0.952 bits per heavy atom. The number of carbonyl (C=O) groups is 2. The molecule has 0 saturated heterocycles. The van der Waals surface area contributed by atoms with Crippen molar-refractivity contribution in [2.75, 3.05) is 28.4 Å². The fraction of sp³-hybridized carbons (Fsp3) is 0.278. The van der Waals surface area contributed by atoms with Crippen LogP contribution in [0.5, 0.6) is 11.5 Å². The average Bonchev–Trinajstić information content (AvgIpc) is 3.02. The van der Waals surface area contributed by atoms with E-state index in [1.54, 1.807) is 14.2 Å². The number of ether oxygens (including phenoxy) is 4. The van der Waals surface area contributed by atoms with E-state index in [4.69, 9.17) is 18.9 Å². The molecule has 0 unspecified atom stereocenters. The Morgan fingerprint density at radius 3 is 1.33 bits per heavy atom. The zero-order valence-corrected chi connectivity index (χ0v) is 24.8. The summed E-state index contributed by atoms with van der Waals surface area (Å²) in [6.45, 7) is 0. The number of carbonyl (C=O) groups excluding carboxylic acids is 2. The number of esters is 2. The Balaban J connectivity index is 1.46. The van der Waals surface area contributed by atoms with Gasteiger partial charge in [0.25, 0.3) is 0 Å². The van der Waals surface area contributed by atoms with Gasteiger partial charge < -0.3 is 18.9 Å². The molecule has 0 bridgehead atoms. The van der Waals surface area contributed by atoms with Gasteiger partial charge in [0.15, 0.2) is 0 Å². The molecule has 42 heavy (non-hydrogen) atoms. The lowest BCUT2D eigenvalue weighted by Gasteiger charge is -2.16. The van der Waals surface area contributed by atoms with Gasteiger partial charge in [0.2, 0.25) is 0 Å². The lowest BCUT2D eigenvalue weighted by molar-refractivity contribution is -0.140. The molecule has 0 aromatic heterocycles. The van der Waals surface area contributed by atoms with Crippen LogP contribution in [0.15, 0.2) is 84.9 Å². The first kappa shape index (κ1) is 30.4. The van der Waals surface area contributed by atoms with Crippen molar-refractivity contribution >= 4 is 11.9 Å². The first-order valence-corrected chi connectivity index (χ1v) is 14.1. The van der Waals surface area contributed by atoms with Gasteiger partial charge in [-0.25, -0.2) is 0 Å². The van der Waals surface area contributed by atoms with E-state index in [1.165, 1.54) is 14.2 Å². The highest BCUT2D eigenvalue weighted by molar-refractivity contribution is 5.77. The van der Waals surface area contributed by atoms with Crippen LogP contribution in [-0.2, 0) is 44.7 Å². The van der Waals surface area contributed by atoms with Gasteiger partial charge >= 0.3 is 11.9 Å². The molecular weight excluding hydrogens is 528 g/mol. The van der Waals surface area contributed by atoms with Crippen molar-refractivity contribution < 1.29 is 28.5 Å². The lowest BCUT2D eigenvalue weighted by atomic mass is 9.95. The van der Waals surface area contributed by atoms with Crippen molar-refractivity contribution in [1.29, 1.82) is 0 Å². The standard InChI is InChI=1S/C36H38O6/c1-39-33(37)23-25-11-7-17-29(21-25)31-19-9-15-27(35(31)41-3)13-5-6-14-28-16-10-20-32(36(28)42-4)30-18-8-12-26(22-30)24-34(38)40-2/h7-12,15-22H,5-6,13-14,23-24H2,1-4H3. The third-order valence-corrected chi connectivity index (χ3v) is 7.37. The molecular formula is C36H38O6. The van der Waals surface area contributed by atoms with Crippen LogP contribution >= 0.6 is 0 Å². The highest BCUT2D eigenvalue weighted by atomic mass is 16.5. The van der Waals surface area contributed by atoms with Crippen LogP contribution in [-0.4, -0.2) is 40.4 Å². The van der Waals surface area contributed by atoms with Crippen molar-refractivity contribution in [1.82, 2.24) is 0 Å². The second kappa shape index (κ2) is 14.9. The Hall–Kier alpha value is -4.58. The molecule has 6 nitrogen and oxygen atoms in total. The van der Waals surface area contributed by atoms with Gasteiger partial charge in [0, 0.05) is 11.1 Å². The van der Waals surface area contributed by atoms with E-state index < -0.39 is 0 Å².